The van der Waals surface area contributed by atoms with Gasteiger partial charge in [-0.15, -0.1) is 0 Å². The molecule has 0 radical (unpaired) electrons. The number of benzene rings is 1. The van der Waals surface area contributed by atoms with Crippen LogP contribution in [0.25, 0.3) is 0 Å². The molecule has 1 aliphatic carbocycles. The monoisotopic (exact) mass is 261 g/mol. The number of rotatable bonds is 4. The summed E-state index contributed by atoms with van der Waals surface area (Å²) in [5.41, 5.74) is 5.74. The fraction of sp³-hybridized carbons (Fsp3) is 0.562. The highest BCUT2D eigenvalue weighted by atomic mass is 16.3. The molecule has 2 N–H and O–H groups in total. The number of aliphatic hydroxyl groups is 1. The van der Waals surface area contributed by atoms with Crippen LogP contribution >= 0.6 is 0 Å². The first kappa shape index (κ1) is 14.1. The summed E-state index contributed by atoms with van der Waals surface area (Å²) in [7, 11) is 0. The molecule has 1 saturated carbocycles. The molecular formula is C16H23NO2. The highest BCUT2D eigenvalue weighted by Crippen LogP contribution is 2.45. The van der Waals surface area contributed by atoms with E-state index in [1.54, 1.807) is 0 Å². The molecule has 0 bridgehead atoms. The molecule has 3 nitrogen and oxygen atoms in total. The second kappa shape index (κ2) is 4.97. The van der Waals surface area contributed by atoms with Gasteiger partial charge in [0.15, 0.2) is 0 Å². The highest BCUT2D eigenvalue weighted by Gasteiger charge is 2.49. The summed E-state index contributed by atoms with van der Waals surface area (Å²) < 4.78 is 0. The van der Waals surface area contributed by atoms with Crippen LogP contribution in [0.5, 0.6) is 0 Å². The van der Waals surface area contributed by atoms with E-state index in [1.807, 2.05) is 0 Å². The van der Waals surface area contributed by atoms with Crippen molar-refractivity contribution in [2.24, 2.45) is 5.41 Å². The van der Waals surface area contributed by atoms with E-state index in [-0.39, 0.29) is 12.5 Å². The molecule has 19 heavy (non-hydrogen) atoms. The van der Waals surface area contributed by atoms with E-state index in [9.17, 15) is 9.90 Å². The predicted octanol–water partition coefficient (Wildman–Crippen LogP) is 2.31. The fourth-order valence-electron chi connectivity index (χ4n) is 2.53. The van der Waals surface area contributed by atoms with E-state index < -0.39 is 5.41 Å². The Hall–Kier alpha value is -1.35. The molecule has 3 heteroatoms. The summed E-state index contributed by atoms with van der Waals surface area (Å²) in [6.45, 7) is 8.92. The Bertz CT molecular complexity index is 490. The predicted molar refractivity (Wildman–Crippen MR) is 76.0 cm³/mol. The lowest BCUT2D eigenvalue weighted by Crippen LogP contribution is -2.34. The van der Waals surface area contributed by atoms with Crippen molar-refractivity contribution >= 4 is 5.91 Å². The number of nitrogens with one attached hydrogen (secondary N) is 1. The van der Waals surface area contributed by atoms with Crippen LogP contribution in [0, 0.1) is 33.1 Å². The van der Waals surface area contributed by atoms with Gasteiger partial charge < -0.3 is 10.4 Å². The maximum absolute atomic E-state index is 12.1. The van der Waals surface area contributed by atoms with E-state index in [0.29, 0.717) is 6.54 Å². The van der Waals surface area contributed by atoms with Crippen molar-refractivity contribution in [1.29, 1.82) is 0 Å². The minimum atomic E-state index is -0.485. The SMILES string of the molecule is Cc1cc(C)c(C)c(CNC(=O)C2(CO)CC2)c1C. The van der Waals surface area contributed by atoms with E-state index in [2.05, 4.69) is 39.1 Å². The molecule has 1 aromatic carbocycles. The third kappa shape index (κ3) is 2.52. The molecule has 0 saturated heterocycles. The Balaban J connectivity index is 2.14. The maximum atomic E-state index is 12.1. The zero-order valence-corrected chi connectivity index (χ0v) is 12.3. The molecule has 0 atom stereocenters. The number of amides is 1. The number of aliphatic hydroxyl groups excluding tert-OH is 1. The molecule has 104 valence electrons. The molecule has 1 aliphatic rings. The molecule has 0 heterocycles. The second-order valence-electron chi connectivity index (χ2n) is 5.86. The number of hydrogen-bond acceptors (Lipinski definition) is 2. The van der Waals surface area contributed by atoms with Gasteiger partial charge in [0.2, 0.25) is 5.91 Å². The normalized spacial score (nSPS) is 16.3. The van der Waals surface area contributed by atoms with Crippen molar-refractivity contribution in [3.05, 3.63) is 33.9 Å². The van der Waals surface area contributed by atoms with Gasteiger partial charge in [-0.1, -0.05) is 6.07 Å². The number of carbonyl (C=O) groups excluding carboxylic acids is 1. The first-order valence-corrected chi connectivity index (χ1v) is 6.87. The summed E-state index contributed by atoms with van der Waals surface area (Å²) in [5.74, 6) is -0.00652. The molecule has 1 amide bonds. The van der Waals surface area contributed by atoms with Crippen molar-refractivity contribution in [2.75, 3.05) is 6.61 Å². The van der Waals surface area contributed by atoms with Crippen molar-refractivity contribution in [3.63, 3.8) is 0 Å². The Morgan fingerprint density at radius 3 is 2.16 bits per heavy atom. The van der Waals surface area contributed by atoms with E-state index >= 15 is 0 Å². The van der Waals surface area contributed by atoms with E-state index in [4.69, 9.17) is 0 Å². The second-order valence-corrected chi connectivity index (χ2v) is 5.86. The maximum Gasteiger partial charge on any atom is 0.228 e. The Kier molecular flexibility index (Phi) is 3.68. The van der Waals surface area contributed by atoms with Crippen LogP contribution < -0.4 is 5.32 Å². The van der Waals surface area contributed by atoms with Crippen LogP contribution in [0.15, 0.2) is 6.07 Å². The van der Waals surface area contributed by atoms with Crippen LogP contribution in [0.4, 0.5) is 0 Å². The van der Waals surface area contributed by atoms with E-state index in [0.717, 1.165) is 12.8 Å². The topological polar surface area (TPSA) is 49.3 Å². The molecule has 0 spiro atoms. The van der Waals surface area contributed by atoms with Crippen LogP contribution in [-0.2, 0) is 11.3 Å². The van der Waals surface area contributed by atoms with Crippen LogP contribution in [0.1, 0.15) is 40.7 Å². The molecule has 1 fully saturated rings. The third-order valence-electron chi connectivity index (χ3n) is 4.58. The van der Waals surface area contributed by atoms with Crippen molar-refractivity contribution in [1.82, 2.24) is 5.32 Å². The smallest absolute Gasteiger partial charge is 0.228 e. The van der Waals surface area contributed by atoms with E-state index in [1.165, 1.54) is 27.8 Å². The Morgan fingerprint density at radius 1 is 1.21 bits per heavy atom. The van der Waals surface area contributed by atoms with Gasteiger partial charge in [0.25, 0.3) is 0 Å². The summed E-state index contributed by atoms with van der Waals surface area (Å²) in [6, 6.07) is 2.19. The van der Waals surface area contributed by atoms with Crippen LogP contribution in [0.2, 0.25) is 0 Å². The Morgan fingerprint density at radius 2 is 1.74 bits per heavy atom. The van der Waals surface area contributed by atoms with Crippen molar-refractivity contribution < 1.29 is 9.90 Å². The van der Waals surface area contributed by atoms with Gasteiger partial charge in [0.1, 0.15) is 0 Å². The van der Waals surface area contributed by atoms with Gasteiger partial charge in [-0.05, 0) is 68.4 Å². The number of carbonyl (C=O) groups is 1. The minimum Gasteiger partial charge on any atom is -0.395 e. The van der Waals surface area contributed by atoms with Crippen molar-refractivity contribution in [2.45, 2.75) is 47.1 Å². The first-order valence-electron chi connectivity index (χ1n) is 6.87. The molecular weight excluding hydrogens is 238 g/mol. The largest absolute Gasteiger partial charge is 0.395 e. The molecule has 0 aliphatic heterocycles. The van der Waals surface area contributed by atoms with Gasteiger partial charge in [0.05, 0.1) is 12.0 Å². The quantitative estimate of drug-likeness (QED) is 0.874. The lowest BCUT2D eigenvalue weighted by molar-refractivity contribution is -0.127. The minimum absolute atomic E-state index is 0.00652. The average Bonchev–Trinajstić information content (AvgIpc) is 3.17. The summed E-state index contributed by atoms with van der Waals surface area (Å²) >= 11 is 0. The third-order valence-corrected chi connectivity index (χ3v) is 4.58. The van der Waals surface area contributed by atoms with Gasteiger partial charge >= 0.3 is 0 Å². The molecule has 1 aromatic rings. The average molecular weight is 261 g/mol. The molecule has 0 unspecified atom stereocenters. The summed E-state index contributed by atoms with van der Waals surface area (Å²) in [6.07, 6.45) is 1.61. The fourth-order valence-corrected chi connectivity index (χ4v) is 2.53. The lowest BCUT2D eigenvalue weighted by Gasteiger charge is -2.18. The zero-order valence-electron chi connectivity index (χ0n) is 12.3. The first-order chi connectivity index (χ1) is 8.91. The van der Waals surface area contributed by atoms with Crippen molar-refractivity contribution in [3.8, 4) is 0 Å². The number of hydrogen-bond donors (Lipinski definition) is 2. The summed E-state index contributed by atoms with van der Waals surface area (Å²) in [4.78, 5) is 12.1. The van der Waals surface area contributed by atoms with Crippen LogP contribution in [0.3, 0.4) is 0 Å². The zero-order chi connectivity index (χ0) is 14.2. The molecule has 2 rings (SSSR count). The summed E-state index contributed by atoms with van der Waals surface area (Å²) in [5, 5.41) is 12.3. The van der Waals surface area contributed by atoms with Gasteiger partial charge in [-0.2, -0.15) is 0 Å². The van der Waals surface area contributed by atoms with Gasteiger partial charge in [-0.3, -0.25) is 4.79 Å². The number of aryl methyl sites for hydroxylation is 2. The lowest BCUT2D eigenvalue weighted by atomic mass is 9.94. The Labute approximate surface area is 115 Å². The van der Waals surface area contributed by atoms with Gasteiger partial charge in [0, 0.05) is 6.54 Å². The highest BCUT2D eigenvalue weighted by molar-refractivity contribution is 5.85. The molecule has 0 aromatic heterocycles. The van der Waals surface area contributed by atoms with Gasteiger partial charge in [-0.25, -0.2) is 0 Å². The standard InChI is InChI=1S/C16H23NO2/c1-10-7-11(2)13(4)14(12(10)3)8-17-15(19)16(9-18)5-6-16/h7,18H,5-6,8-9H2,1-4H3,(H,17,19). The van der Waals surface area contributed by atoms with Crippen LogP contribution in [-0.4, -0.2) is 17.6 Å².